The summed E-state index contributed by atoms with van der Waals surface area (Å²) in [5.74, 6) is 0.103. The zero-order chi connectivity index (χ0) is 18.2. The van der Waals surface area contributed by atoms with Crippen LogP contribution >= 0.6 is 35.4 Å². The maximum atomic E-state index is 11.6. The molecule has 0 aliphatic rings. The van der Waals surface area contributed by atoms with E-state index in [1.54, 1.807) is 30.3 Å². The van der Waals surface area contributed by atoms with Gasteiger partial charge in [0.25, 0.3) is 0 Å². The summed E-state index contributed by atoms with van der Waals surface area (Å²) in [6.45, 7) is 0.869. The number of methoxy groups -OCH3 is 1. The lowest BCUT2D eigenvalue weighted by molar-refractivity contribution is 0.0601. The molecular weight excluding hydrogens is 383 g/mol. The van der Waals surface area contributed by atoms with Crippen LogP contribution in [0.4, 0.5) is 5.69 Å². The SMILES string of the molecule is COC(=O)c1cc(NC(=S)NCCOc2ccccc2Cl)ccc1Cl. The van der Waals surface area contributed by atoms with Crippen molar-refractivity contribution in [3.05, 3.63) is 58.1 Å². The molecule has 0 atom stereocenters. The Balaban J connectivity index is 1.82. The first-order valence-corrected chi connectivity index (χ1v) is 8.47. The maximum Gasteiger partial charge on any atom is 0.339 e. The van der Waals surface area contributed by atoms with Crippen LogP contribution in [0.5, 0.6) is 5.75 Å². The third-order valence-electron chi connectivity index (χ3n) is 3.11. The Morgan fingerprint density at radius 2 is 1.92 bits per heavy atom. The molecular formula is C17H16Cl2N2O3S. The Bertz CT molecular complexity index is 771. The summed E-state index contributed by atoms with van der Waals surface area (Å²) < 4.78 is 10.2. The highest BCUT2D eigenvalue weighted by atomic mass is 35.5. The summed E-state index contributed by atoms with van der Waals surface area (Å²) in [5.41, 5.74) is 0.883. The fourth-order valence-electron chi connectivity index (χ4n) is 1.93. The van der Waals surface area contributed by atoms with Crippen molar-refractivity contribution in [2.45, 2.75) is 0 Å². The minimum absolute atomic E-state index is 0.263. The van der Waals surface area contributed by atoms with Gasteiger partial charge in [0.1, 0.15) is 12.4 Å². The van der Waals surface area contributed by atoms with E-state index in [1.807, 2.05) is 12.1 Å². The predicted molar refractivity (Wildman–Crippen MR) is 104 cm³/mol. The fraction of sp³-hybridized carbons (Fsp3) is 0.176. The van der Waals surface area contributed by atoms with E-state index in [2.05, 4.69) is 15.4 Å². The van der Waals surface area contributed by atoms with Gasteiger partial charge in [-0.25, -0.2) is 4.79 Å². The second-order valence-electron chi connectivity index (χ2n) is 4.85. The second-order valence-corrected chi connectivity index (χ2v) is 6.07. The van der Waals surface area contributed by atoms with E-state index in [1.165, 1.54) is 7.11 Å². The molecule has 0 saturated heterocycles. The Labute approximate surface area is 161 Å². The van der Waals surface area contributed by atoms with Gasteiger partial charge >= 0.3 is 5.97 Å². The van der Waals surface area contributed by atoms with Crippen LogP contribution in [0.2, 0.25) is 10.0 Å². The number of carbonyl (C=O) groups is 1. The maximum absolute atomic E-state index is 11.6. The number of benzene rings is 2. The summed E-state index contributed by atoms with van der Waals surface area (Å²) in [7, 11) is 1.30. The second kappa shape index (κ2) is 9.46. The van der Waals surface area contributed by atoms with Crippen LogP contribution in [0.25, 0.3) is 0 Å². The molecule has 0 saturated carbocycles. The van der Waals surface area contributed by atoms with Gasteiger partial charge in [0.15, 0.2) is 5.11 Å². The molecule has 25 heavy (non-hydrogen) atoms. The summed E-state index contributed by atoms with van der Waals surface area (Å²) in [6.07, 6.45) is 0. The van der Waals surface area contributed by atoms with Crippen molar-refractivity contribution in [3.63, 3.8) is 0 Å². The van der Waals surface area contributed by atoms with Gasteiger partial charge < -0.3 is 20.1 Å². The van der Waals surface area contributed by atoms with E-state index in [0.717, 1.165) is 0 Å². The standard InChI is InChI=1S/C17H16Cl2N2O3S/c1-23-16(22)12-10-11(6-7-13(12)18)21-17(25)20-8-9-24-15-5-3-2-4-14(15)19/h2-7,10H,8-9H2,1H3,(H2,20,21,25). The van der Waals surface area contributed by atoms with E-state index < -0.39 is 5.97 Å². The van der Waals surface area contributed by atoms with Crippen LogP contribution < -0.4 is 15.4 Å². The lowest BCUT2D eigenvalue weighted by atomic mass is 10.2. The first-order chi connectivity index (χ1) is 12.0. The lowest BCUT2D eigenvalue weighted by Gasteiger charge is -2.13. The summed E-state index contributed by atoms with van der Waals surface area (Å²) in [5, 5.41) is 7.23. The molecule has 0 fully saturated rings. The summed E-state index contributed by atoms with van der Waals surface area (Å²) in [4.78, 5) is 11.6. The van der Waals surface area contributed by atoms with Crippen molar-refractivity contribution in [1.29, 1.82) is 0 Å². The molecule has 0 unspecified atom stereocenters. The molecule has 0 radical (unpaired) electrons. The lowest BCUT2D eigenvalue weighted by Crippen LogP contribution is -2.32. The van der Waals surface area contributed by atoms with Crippen LogP contribution in [0.15, 0.2) is 42.5 Å². The number of thiocarbonyl (C=S) groups is 1. The molecule has 2 rings (SSSR count). The van der Waals surface area contributed by atoms with E-state index in [-0.39, 0.29) is 5.56 Å². The van der Waals surface area contributed by atoms with Crippen molar-refractivity contribution in [2.75, 3.05) is 25.6 Å². The molecule has 0 aliphatic carbocycles. The minimum atomic E-state index is -0.513. The zero-order valence-corrected chi connectivity index (χ0v) is 15.7. The minimum Gasteiger partial charge on any atom is -0.490 e. The first kappa shape index (κ1) is 19.3. The number of anilines is 1. The highest BCUT2D eigenvalue weighted by Crippen LogP contribution is 2.23. The van der Waals surface area contributed by atoms with Gasteiger partial charge in [-0.05, 0) is 42.5 Å². The summed E-state index contributed by atoms with van der Waals surface area (Å²) in [6, 6.07) is 12.1. The van der Waals surface area contributed by atoms with Crippen molar-refractivity contribution in [3.8, 4) is 5.75 Å². The topological polar surface area (TPSA) is 59.6 Å². The Kier molecular flexibility index (Phi) is 7.31. The molecule has 0 spiro atoms. The Morgan fingerprint density at radius 1 is 1.16 bits per heavy atom. The van der Waals surface area contributed by atoms with Gasteiger partial charge in [-0.15, -0.1) is 0 Å². The number of ether oxygens (including phenoxy) is 2. The van der Waals surface area contributed by atoms with Crippen molar-refractivity contribution >= 4 is 52.2 Å². The molecule has 2 aromatic rings. The van der Waals surface area contributed by atoms with Crippen LogP contribution in [0.3, 0.4) is 0 Å². The molecule has 0 aliphatic heterocycles. The Hall–Kier alpha value is -2.02. The number of carbonyl (C=O) groups excluding carboxylic acids is 1. The average molecular weight is 399 g/mol. The van der Waals surface area contributed by atoms with Crippen LogP contribution in [0.1, 0.15) is 10.4 Å². The first-order valence-electron chi connectivity index (χ1n) is 7.31. The molecule has 0 aromatic heterocycles. The third kappa shape index (κ3) is 5.77. The Morgan fingerprint density at radius 3 is 2.64 bits per heavy atom. The number of esters is 1. The quantitative estimate of drug-likeness (QED) is 0.433. The van der Waals surface area contributed by atoms with Crippen LogP contribution in [-0.4, -0.2) is 31.3 Å². The summed E-state index contributed by atoms with van der Waals surface area (Å²) >= 11 is 17.2. The van der Waals surface area contributed by atoms with Gasteiger partial charge in [-0.2, -0.15) is 0 Å². The number of nitrogens with one attached hydrogen (secondary N) is 2. The number of hydrogen-bond donors (Lipinski definition) is 2. The van der Waals surface area contributed by atoms with E-state index in [4.69, 9.17) is 40.2 Å². The number of rotatable bonds is 6. The van der Waals surface area contributed by atoms with Crippen LogP contribution in [0, 0.1) is 0 Å². The number of para-hydroxylation sites is 1. The van der Waals surface area contributed by atoms with Crippen molar-refractivity contribution in [1.82, 2.24) is 5.32 Å². The van der Waals surface area contributed by atoms with E-state index in [0.29, 0.717) is 39.7 Å². The van der Waals surface area contributed by atoms with Crippen LogP contribution in [-0.2, 0) is 4.74 Å². The predicted octanol–water partition coefficient (Wildman–Crippen LogP) is 4.15. The highest BCUT2D eigenvalue weighted by Gasteiger charge is 2.11. The van der Waals surface area contributed by atoms with Gasteiger partial charge in [-0.3, -0.25) is 0 Å². The highest BCUT2D eigenvalue weighted by molar-refractivity contribution is 7.80. The molecule has 8 heteroatoms. The molecule has 0 heterocycles. The molecule has 0 bridgehead atoms. The molecule has 2 N–H and O–H groups in total. The largest absolute Gasteiger partial charge is 0.490 e. The molecule has 0 amide bonds. The van der Waals surface area contributed by atoms with Gasteiger partial charge in [0.2, 0.25) is 0 Å². The number of halogens is 2. The van der Waals surface area contributed by atoms with Crippen molar-refractivity contribution < 1.29 is 14.3 Å². The number of hydrogen-bond acceptors (Lipinski definition) is 4. The van der Waals surface area contributed by atoms with Gasteiger partial charge in [-0.1, -0.05) is 35.3 Å². The smallest absolute Gasteiger partial charge is 0.339 e. The third-order valence-corrected chi connectivity index (χ3v) is 4.00. The average Bonchev–Trinajstić information content (AvgIpc) is 2.61. The van der Waals surface area contributed by atoms with Crippen molar-refractivity contribution in [2.24, 2.45) is 0 Å². The zero-order valence-electron chi connectivity index (χ0n) is 13.3. The monoisotopic (exact) mass is 398 g/mol. The van der Waals surface area contributed by atoms with Gasteiger partial charge in [0.05, 0.1) is 29.3 Å². The fourth-order valence-corrected chi connectivity index (χ4v) is 2.54. The molecule has 2 aromatic carbocycles. The van der Waals surface area contributed by atoms with E-state index in [9.17, 15) is 4.79 Å². The molecule has 132 valence electrons. The van der Waals surface area contributed by atoms with Gasteiger partial charge in [0, 0.05) is 5.69 Å². The molecule has 5 nitrogen and oxygen atoms in total. The normalized spacial score (nSPS) is 10.0. The van der Waals surface area contributed by atoms with E-state index >= 15 is 0 Å².